The number of fused-ring (bicyclic) bond motifs is 2. The molecule has 3 heteroatoms. The Bertz CT molecular complexity index is 1650. The second-order valence-corrected chi connectivity index (χ2v) is 8.63. The zero-order valence-electron chi connectivity index (χ0n) is 19.0. The highest BCUT2D eigenvalue weighted by Crippen LogP contribution is 2.43. The maximum atomic E-state index is 13.2. The first-order valence-corrected chi connectivity index (χ1v) is 11.3. The van der Waals surface area contributed by atoms with E-state index in [0.717, 1.165) is 49.9 Å². The lowest BCUT2D eigenvalue weighted by Crippen LogP contribution is -2.01. The van der Waals surface area contributed by atoms with Gasteiger partial charge in [0, 0.05) is 39.1 Å². The summed E-state index contributed by atoms with van der Waals surface area (Å²) in [6, 6.07) is 31.9. The third-order valence-electron chi connectivity index (χ3n) is 6.37. The molecule has 0 aliphatic heterocycles. The topological polar surface area (TPSA) is 43.4 Å². The molecule has 0 spiro atoms. The molecule has 34 heavy (non-hydrogen) atoms. The summed E-state index contributed by atoms with van der Waals surface area (Å²) in [5.41, 5.74) is 7.08. The third-order valence-corrected chi connectivity index (χ3v) is 6.37. The first-order chi connectivity index (χ1) is 16.6. The third kappa shape index (κ3) is 3.25. The molecule has 2 heterocycles. The Morgan fingerprint density at radius 1 is 0.647 bits per heavy atom. The van der Waals surface area contributed by atoms with Crippen LogP contribution < -0.4 is 0 Å². The Balaban J connectivity index is 1.58. The number of benzene rings is 4. The standard InChI is InChI=1S/C31H22O3/c1-19-13-15-22(16-14-19)29(32)30-20(2)24-17-25-27(18-26(24)33-30)34-31(23-11-7-4-8-12-23)28(25)21-9-5-3-6-10-21/h3-18H,1-2H3. The van der Waals surface area contributed by atoms with E-state index in [9.17, 15) is 4.79 Å². The van der Waals surface area contributed by atoms with Gasteiger partial charge in [0.1, 0.15) is 16.9 Å². The Labute approximate surface area is 197 Å². The van der Waals surface area contributed by atoms with Crippen molar-refractivity contribution in [3.8, 4) is 22.5 Å². The number of hydrogen-bond acceptors (Lipinski definition) is 3. The lowest BCUT2D eigenvalue weighted by atomic mass is 9.97. The van der Waals surface area contributed by atoms with E-state index >= 15 is 0 Å². The van der Waals surface area contributed by atoms with Gasteiger partial charge in [0.15, 0.2) is 5.76 Å². The highest BCUT2D eigenvalue weighted by atomic mass is 16.4. The number of carbonyl (C=O) groups excluding carboxylic acids is 1. The normalized spacial score (nSPS) is 11.4. The van der Waals surface area contributed by atoms with Gasteiger partial charge < -0.3 is 8.83 Å². The van der Waals surface area contributed by atoms with Crippen molar-refractivity contribution < 1.29 is 13.6 Å². The molecule has 6 rings (SSSR count). The number of aryl methyl sites for hydroxylation is 2. The van der Waals surface area contributed by atoms with Gasteiger partial charge in [-0.2, -0.15) is 0 Å². The molecular formula is C31H22O3. The molecule has 0 aliphatic carbocycles. The van der Waals surface area contributed by atoms with E-state index < -0.39 is 0 Å². The van der Waals surface area contributed by atoms with Crippen molar-refractivity contribution >= 4 is 27.7 Å². The van der Waals surface area contributed by atoms with Crippen molar-refractivity contribution in [3.63, 3.8) is 0 Å². The zero-order chi connectivity index (χ0) is 23.2. The zero-order valence-corrected chi connectivity index (χ0v) is 19.0. The fourth-order valence-corrected chi connectivity index (χ4v) is 4.55. The highest BCUT2D eigenvalue weighted by Gasteiger charge is 2.23. The van der Waals surface area contributed by atoms with E-state index in [1.54, 1.807) is 0 Å². The van der Waals surface area contributed by atoms with E-state index in [1.165, 1.54) is 0 Å². The van der Waals surface area contributed by atoms with Crippen LogP contribution in [0.3, 0.4) is 0 Å². The van der Waals surface area contributed by atoms with Crippen LogP contribution in [0.5, 0.6) is 0 Å². The van der Waals surface area contributed by atoms with Crippen molar-refractivity contribution in [2.45, 2.75) is 13.8 Å². The smallest absolute Gasteiger partial charge is 0.228 e. The van der Waals surface area contributed by atoms with E-state index in [4.69, 9.17) is 8.83 Å². The Hall–Kier alpha value is -4.37. The fourth-order valence-electron chi connectivity index (χ4n) is 4.55. The Morgan fingerprint density at radius 2 is 1.26 bits per heavy atom. The van der Waals surface area contributed by atoms with Crippen molar-refractivity contribution in [2.24, 2.45) is 0 Å². The molecule has 0 aliphatic rings. The van der Waals surface area contributed by atoms with Crippen LogP contribution in [0.1, 0.15) is 27.2 Å². The van der Waals surface area contributed by atoms with Crippen molar-refractivity contribution in [1.29, 1.82) is 0 Å². The summed E-state index contributed by atoms with van der Waals surface area (Å²) in [4.78, 5) is 13.2. The summed E-state index contributed by atoms with van der Waals surface area (Å²) < 4.78 is 12.5. The maximum absolute atomic E-state index is 13.2. The minimum atomic E-state index is -0.112. The Kier molecular flexibility index (Phi) is 4.70. The van der Waals surface area contributed by atoms with Gasteiger partial charge in [0.25, 0.3) is 0 Å². The van der Waals surface area contributed by atoms with Crippen LogP contribution in [-0.4, -0.2) is 5.78 Å². The quantitative estimate of drug-likeness (QED) is 0.258. The Morgan fingerprint density at radius 3 is 1.94 bits per heavy atom. The number of ketones is 1. The predicted molar refractivity (Wildman–Crippen MR) is 136 cm³/mol. The van der Waals surface area contributed by atoms with Gasteiger partial charge in [0.05, 0.1) is 0 Å². The largest absolute Gasteiger partial charge is 0.455 e. The fraction of sp³-hybridized carbons (Fsp3) is 0.0645. The van der Waals surface area contributed by atoms with Crippen LogP contribution in [0.25, 0.3) is 44.4 Å². The molecular weight excluding hydrogens is 420 g/mol. The molecule has 2 aromatic heterocycles. The summed E-state index contributed by atoms with van der Waals surface area (Å²) in [6.07, 6.45) is 0. The highest BCUT2D eigenvalue weighted by molar-refractivity contribution is 6.13. The lowest BCUT2D eigenvalue weighted by molar-refractivity contribution is 0.101. The molecule has 164 valence electrons. The predicted octanol–water partition coefficient (Wildman–Crippen LogP) is 8.36. The number of furan rings is 2. The summed E-state index contributed by atoms with van der Waals surface area (Å²) in [7, 11) is 0. The molecule has 0 bridgehead atoms. The minimum Gasteiger partial charge on any atom is -0.455 e. The first kappa shape index (κ1) is 20.3. The molecule has 0 atom stereocenters. The molecule has 3 nitrogen and oxygen atoms in total. The molecule has 4 aromatic carbocycles. The minimum absolute atomic E-state index is 0.112. The van der Waals surface area contributed by atoms with E-state index in [0.29, 0.717) is 16.9 Å². The van der Waals surface area contributed by atoms with Gasteiger partial charge in [-0.25, -0.2) is 0 Å². The summed E-state index contributed by atoms with van der Waals surface area (Å²) in [5.74, 6) is 1.08. The molecule has 0 N–H and O–H groups in total. The summed E-state index contributed by atoms with van der Waals surface area (Å²) in [5, 5.41) is 1.91. The monoisotopic (exact) mass is 442 g/mol. The number of rotatable bonds is 4. The van der Waals surface area contributed by atoms with Crippen LogP contribution in [0.2, 0.25) is 0 Å². The average molecular weight is 443 g/mol. The molecule has 0 unspecified atom stereocenters. The molecule has 0 saturated carbocycles. The second-order valence-electron chi connectivity index (χ2n) is 8.63. The molecule has 6 aromatic rings. The molecule has 0 saturated heterocycles. The SMILES string of the molecule is Cc1ccc(C(=O)c2oc3cc4oc(-c5ccccc5)c(-c5ccccc5)c4cc3c2C)cc1. The van der Waals surface area contributed by atoms with Crippen LogP contribution in [0, 0.1) is 13.8 Å². The molecule has 0 fully saturated rings. The van der Waals surface area contributed by atoms with Crippen LogP contribution in [0.4, 0.5) is 0 Å². The van der Waals surface area contributed by atoms with Gasteiger partial charge in [-0.3, -0.25) is 4.79 Å². The van der Waals surface area contributed by atoms with E-state index in [2.05, 4.69) is 30.3 Å². The average Bonchev–Trinajstić information content (AvgIpc) is 3.41. The summed E-state index contributed by atoms with van der Waals surface area (Å²) >= 11 is 0. The van der Waals surface area contributed by atoms with Crippen molar-refractivity contribution in [1.82, 2.24) is 0 Å². The van der Waals surface area contributed by atoms with Crippen LogP contribution in [0.15, 0.2) is 106 Å². The van der Waals surface area contributed by atoms with E-state index in [1.807, 2.05) is 80.6 Å². The van der Waals surface area contributed by atoms with Crippen LogP contribution >= 0.6 is 0 Å². The first-order valence-electron chi connectivity index (χ1n) is 11.3. The lowest BCUT2D eigenvalue weighted by Gasteiger charge is -2.04. The van der Waals surface area contributed by atoms with Crippen molar-refractivity contribution in [3.05, 3.63) is 120 Å². The molecule has 0 radical (unpaired) electrons. The van der Waals surface area contributed by atoms with Gasteiger partial charge >= 0.3 is 0 Å². The number of hydrogen-bond donors (Lipinski definition) is 0. The van der Waals surface area contributed by atoms with Gasteiger partial charge in [0.2, 0.25) is 5.78 Å². The van der Waals surface area contributed by atoms with Gasteiger partial charge in [-0.15, -0.1) is 0 Å². The van der Waals surface area contributed by atoms with Crippen LogP contribution in [-0.2, 0) is 0 Å². The van der Waals surface area contributed by atoms with Gasteiger partial charge in [-0.1, -0.05) is 90.5 Å². The van der Waals surface area contributed by atoms with E-state index in [-0.39, 0.29) is 5.78 Å². The summed E-state index contributed by atoms with van der Waals surface area (Å²) in [6.45, 7) is 3.95. The second kappa shape index (κ2) is 7.89. The molecule has 0 amide bonds. The van der Waals surface area contributed by atoms with Crippen molar-refractivity contribution in [2.75, 3.05) is 0 Å². The number of carbonyl (C=O) groups is 1. The maximum Gasteiger partial charge on any atom is 0.228 e. The van der Waals surface area contributed by atoms with Gasteiger partial charge in [-0.05, 0) is 25.5 Å².